The molecule has 1 aromatic rings. The molecule has 0 radical (unpaired) electrons. The third-order valence-electron chi connectivity index (χ3n) is 2.70. The molecule has 1 amide bonds. The summed E-state index contributed by atoms with van der Waals surface area (Å²) in [7, 11) is 3.97. The van der Waals surface area contributed by atoms with Crippen molar-refractivity contribution >= 4 is 17.7 Å². The van der Waals surface area contributed by atoms with Gasteiger partial charge in [0.15, 0.2) is 0 Å². The molecule has 104 valence electrons. The number of hydrogen-bond acceptors (Lipinski definition) is 3. The molecule has 4 heteroatoms. The molecule has 4 nitrogen and oxygen atoms in total. The number of aliphatic hydroxyl groups is 1. The highest BCUT2D eigenvalue weighted by atomic mass is 16.3. The summed E-state index contributed by atoms with van der Waals surface area (Å²) in [6.07, 6.45) is 3.46. The van der Waals surface area contributed by atoms with Crippen LogP contribution >= 0.6 is 0 Å². The molecule has 1 aromatic carbocycles. The number of carbonyl (C=O) groups is 1. The second kappa shape index (κ2) is 7.59. The quantitative estimate of drug-likeness (QED) is 0.767. The number of rotatable bonds is 6. The highest BCUT2D eigenvalue weighted by molar-refractivity contribution is 5.91. The number of aliphatic hydroxyl groups excluding tert-OH is 1. The smallest absolute Gasteiger partial charge is 0.244 e. The second-order valence-electron chi connectivity index (χ2n) is 4.75. The first kappa shape index (κ1) is 15.2. The van der Waals surface area contributed by atoms with Gasteiger partial charge in [0.2, 0.25) is 5.91 Å². The molecule has 0 aliphatic rings. The Balaban J connectivity index is 2.45. The van der Waals surface area contributed by atoms with Crippen molar-refractivity contribution < 1.29 is 9.90 Å². The molecule has 1 atom stereocenters. The molecule has 1 rings (SSSR count). The van der Waals surface area contributed by atoms with E-state index in [-0.39, 0.29) is 12.0 Å². The lowest BCUT2D eigenvalue weighted by Gasteiger charge is -2.11. The largest absolute Gasteiger partial charge is 0.393 e. The lowest BCUT2D eigenvalue weighted by atomic mass is 10.2. The van der Waals surface area contributed by atoms with Gasteiger partial charge >= 0.3 is 0 Å². The minimum absolute atomic E-state index is 0.141. The molecule has 1 unspecified atom stereocenters. The molecule has 0 spiro atoms. The first-order valence-electron chi connectivity index (χ1n) is 6.40. The van der Waals surface area contributed by atoms with E-state index in [1.54, 1.807) is 13.0 Å². The van der Waals surface area contributed by atoms with Gasteiger partial charge < -0.3 is 15.3 Å². The Labute approximate surface area is 114 Å². The SMILES string of the molecule is CC(O)CCNC(=O)C=Cc1ccc(N(C)C)cc1. The van der Waals surface area contributed by atoms with Crippen LogP contribution in [0.3, 0.4) is 0 Å². The molecular formula is C15H22N2O2. The fourth-order valence-electron chi connectivity index (χ4n) is 1.52. The lowest BCUT2D eigenvalue weighted by Crippen LogP contribution is -2.24. The Bertz CT molecular complexity index is 422. The van der Waals surface area contributed by atoms with Gasteiger partial charge in [-0.25, -0.2) is 0 Å². The third-order valence-corrected chi connectivity index (χ3v) is 2.70. The number of anilines is 1. The van der Waals surface area contributed by atoms with Crippen LogP contribution in [0.1, 0.15) is 18.9 Å². The van der Waals surface area contributed by atoms with Crippen molar-refractivity contribution in [3.8, 4) is 0 Å². The average molecular weight is 262 g/mol. The van der Waals surface area contributed by atoms with Crippen LogP contribution in [0.2, 0.25) is 0 Å². The van der Waals surface area contributed by atoms with Crippen LogP contribution in [0, 0.1) is 0 Å². The first-order valence-corrected chi connectivity index (χ1v) is 6.40. The molecule has 0 aromatic heterocycles. The van der Waals surface area contributed by atoms with Gasteiger partial charge in [0.1, 0.15) is 0 Å². The van der Waals surface area contributed by atoms with E-state index in [4.69, 9.17) is 5.11 Å². The second-order valence-corrected chi connectivity index (χ2v) is 4.75. The van der Waals surface area contributed by atoms with Crippen LogP contribution in [0.15, 0.2) is 30.3 Å². The zero-order valence-corrected chi connectivity index (χ0v) is 11.8. The number of carbonyl (C=O) groups excluding carboxylic acids is 1. The molecule has 2 N–H and O–H groups in total. The summed E-state index contributed by atoms with van der Waals surface area (Å²) in [4.78, 5) is 13.5. The number of amides is 1. The molecule has 19 heavy (non-hydrogen) atoms. The molecular weight excluding hydrogens is 240 g/mol. The zero-order valence-electron chi connectivity index (χ0n) is 11.8. The molecule has 0 saturated heterocycles. The summed E-state index contributed by atoms with van der Waals surface area (Å²) >= 11 is 0. The Kier molecular flexibility index (Phi) is 6.09. The molecule has 0 fully saturated rings. The van der Waals surface area contributed by atoms with Crippen LogP contribution in [0.25, 0.3) is 6.08 Å². The maximum Gasteiger partial charge on any atom is 0.244 e. The van der Waals surface area contributed by atoms with Gasteiger partial charge in [0.25, 0.3) is 0 Å². The van der Waals surface area contributed by atoms with Crippen LogP contribution in [0.4, 0.5) is 5.69 Å². The average Bonchev–Trinajstić information content (AvgIpc) is 2.36. The van der Waals surface area contributed by atoms with Gasteiger partial charge in [-0.1, -0.05) is 12.1 Å². The highest BCUT2D eigenvalue weighted by Gasteiger charge is 1.98. The predicted octanol–water partition coefficient (Wildman–Crippen LogP) is 1.65. The summed E-state index contributed by atoms with van der Waals surface area (Å²) in [5, 5.41) is 11.8. The summed E-state index contributed by atoms with van der Waals surface area (Å²) in [5.74, 6) is -0.141. The minimum atomic E-state index is -0.386. The summed E-state index contributed by atoms with van der Waals surface area (Å²) in [5.41, 5.74) is 2.11. The normalized spacial score (nSPS) is 12.4. The molecule has 0 saturated carbocycles. The summed E-state index contributed by atoms with van der Waals surface area (Å²) < 4.78 is 0. The fourth-order valence-corrected chi connectivity index (χ4v) is 1.52. The number of nitrogens with zero attached hydrogens (tertiary/aromatic N) is 1. The summed E-state index contributed by atoms with van der Waals surface area (Å²) in [6.45, 7) is 2.19. The Morgan fingerprint density at radius 2 is 2.00 bits per heavy atom. The van der Waals surface area contributed by atoms with E-state index in [1.165, 1.54) is 6.08 Å². The van der Waals surface area contributed by atoms with Crippen molar-refractivity contribution in [3.05, 3.63) is 35.9 Å². The zero-order chi connectivity index (χ0) is 14.3. The monoisotopic (exact) mass is 262 g/mol. The number of hydrogen-bond donors (Lipinski definition) is 2. The van der Waals surface area contributed by atoms with Crippen molar-refractivity contribution in [1.82, 2.24) is 5.32 Å². The molecule has 0 bridgehead atoms. The number of benzene rings is 1. The maximum atomic E-state index is 11.5. The van der Waals surface area contributed by atoms with Crippen molar-refractivity contribution in [1.29, 1.82) is 0 Å². The summed E-state index contributed by atoms with van der Waals surface area (Å²) in [6, 6.07) is 7.94. The van der Waals surface area contributed by atoms with E-state index in [2.05, 4.69) is 5.32 Å². The molecule has 0 aliphatic heterocycles. The van der Waals surface area contributed by atoms with Gasteiger partial charge in [0, 0.05) is 32.4 Å². The van der Waals surface area contributed by atoms with E-state index < -0.39 is 0 Å². The van der Waals surface area contributed by atoms with E-state index in [9.17, 15) is 4.79 Å². The van der Waals surface area contributed by atoms with E-state index in [0.29, 0.717) is 13.0 Å². The first-order chi connectivity index (χ1) is 8.99. The van der Waals surface area contributed by atoms with Crippen molar-refractivity contribution in [3.63, 3.8) is 0 Å². The van der Waals surface area contributed by atoms with Crippen LogP contribution < -0.4 is 10.2 Å². The Morgan fingerprint density at radius 1 is 1.37 bits per heavy atom. The third kappa shape index (κ3) is 6.06. The highest BCUT2D eigenvalue weighted by Crippen LogP contribution is 2.12. The van der Waals surface area contributed by atoms with Gasteiger partial charge in [-0.15, -0.1) is 0 Å². The Hall–Kier alpha value is -1.81. The van der Waals surface area contributed by atoms with Crippen molar-refractivity contribution in [2.24, 2.45) is 0 Å². The van der Waals surface area contributed by atoms with Crippen LogP contribution in [-0.2, 0) is 4.79 Å². The fraction of sp³-hybridized carbons (Fsp3) is 0.400. The van der Waals surface area contributed by atoms with E-state index in [1.807, 2.05) is 43.3 Å². The van der Waals surface area contributed by atoms with Crippen molar-refractivity contribution in [2.45, 2.75) is 19.4 Å². The number of nitrogens with one attached hydrogen (secondary N) is 1. The lowest BCUT2D eigenvalue weighted by molar-refractivity contribution is -0.116. The standard InChI is InChI=1S/C15H22N2O2/c1-12(18)10-11-16-15(19)9-6-13-4-7-14(8-5-13)17(2)3/h4-9,12,18H,10-11H2,1-3H3,(H,16,19). The van der Waals surface area contributed by atoms with Gasteiger partial charge in [-0.2, -0.15) is 0 Å². The van der Waals surface area contributed by atoms with E-state index in [0.717, 1.165) is 11.3 Å². The molecule has 0 aliphatic carbocycles. The van der Waals surface area contributed by atoms with Crippen LogP contribution in [0.5, 0.6) is 0 Å². The van der Waals surface area contributed by atoms with Crippen LogP contribution in [-0.4, -0.2) is 37.8 Å². The predicted molar refractivity (Wildman–Crippen MR) is 79.1 cm³/mol. The van der Waals surface area contributed by atoms with Gasteiger partial charge in [-0.3, -0.25) is 4.79 Å². The molecule has 0 heterocycles. The van der Waals surface area contributed by atoms with Gasteiger partial charge in [0.05, 0.1) is 6.10 Å². The maximum absolute atomic E-state index is 11.5. The minimum Gasteiger partial charge on any atom is -0.393 e. The van der Waals surface area contributed by atoms with Crippen molar-refractivity contribution in [2.75, 3.05) is 25.5 Å². The Morgan fingerprint density at radius 3 is 2.53 bits per heavy atom. The van der Waals surface area contributed by atoms with E-state index >= 15 is 0 Å². The van der Waals surface area contributed by atoms with Gasteiger partial charge in [-0.05, 0) is 37.1 Å². The topological polar surface area (TPSA) is 52.6 Å².